The van der Waals surface area contributed by atoms with Gasteiger partial charge in [-0.25, -0.2) is 4.79 Å². The summed E-state index contributed by atoms with van der Waals surface area (Å²) in [6, 6.07) is 10.1. The molecule has 3 N–H and O–H groups in total. The van der Waals surface area contributed by atoms with Crippen LogP contribution < -0.4 is 11.1 Å². The Labute approximate surface area is 122 Å². The van der Waals surface area contributed by atoms with Crippen LogP contribution in [0, 0.1) is 0 Å². The maximum atomic E-state index is 12.6. The summed E-state index contributed by atoms with van der Waals surface area (Å²) in [6.45, 7) is 0. The minimum absolute atomic E-state index is 0.0162. The predicted molar refractivity (Wildman–Crippen MR) is 81.1 cm³/mol. The number of fused-ring (bicyclic) bond motifs is 2. The number of benzene rings is 2. The molecule has 2 aromatic carbocycles. The van der Waals surface area contributed by atoms with Crippen molar-refractivity contribution in [2.75, 3.05) is 0 Å². The molecule has 0 unspecified atom stereocenters. The van der Waals surface area contributed by atoms with E-state index in [1.54, 1.807) is 12.1 Å². The molecular formula is C16H10O6. The molecule has 22 heavy (non-hydrogen) atoms. The molecule has 0 bridgehead atoms. The van der Waals surface area contributed by atoms with Crippen LogP contribution in [-0.2, 0) is 0 Å². The van der Waals surface area contributed by atoms with E-state index in [1.165, 1.54) is 30.3 Å². The van der Waals surface area contributed by atoms with Gasteiger partial charge in [-0.15, -0.1) is 0 Å². The maximum Gasteiger partial charge on any atom is 0.344 e. The molecule has 0 saturated heterocycles. The van der Waals surface area contributed by atoms with Crippen molar-refractivity contribution in [3.05, 3.63) is 74.6 Å². The first-order chi connectivity index (χ1) is 10.5. The minimum atomic E-state index is -1.27. The lowest BCUT2D eigenvalue weighted by molar-refractivity contribution is 0.181. The van der Waals surface area contributed by atoms with Gasteiger partial charge in [-0.3, -0.25) is 4.79 Å². The Morgan fingerprint density at radius 1 is 0.864 bits per heavy atom. The molecule has 0 spiro atoms. The van der Waals surface area contributed by atoms with Crippen LogP contribution in [0.25, 0.3) is 27.5 Å². The van der Waals surface area contributed by atoms with Crippen molar-refractivity contribution < 1.29 is 19.7 Å². The van der Waals surface area contributed by atoms with Crippen LogP contribution in [-0.4, -0.2) is 15.3 Å². The van der Waals surface area contributed by atoms with Crippen molar-refractivity contribution in [2.45, 2.75) is 0 Å². The fourth-order valence-electron chi connectivity index (χ4n) is 2.23. The Morgan fingerprint density at radius 3 is 2.23 bits per heavy atom. The zero-order valence-electron chi connectivity index (χ0n) is 11.1. The van der Waals surface area contributed by atoms with Crippen LogP contribution in [0.3, 0.4) is 0 Å². The smallest absolute Gasteiger partial charge is 0.344 e. The summed E-state index contributed by atoms with van der Waals surface area (Å²) < 4.78 is 5.17. The monoisotopic (exact) mass is 298 g/mol. The summed E-state index contributed by atoms with van der Waals surface area (Å²) in [7, 11) is 0. The van der Waals surface area contributed by atoms with E-state index in [1.807, 2.05) is 0 Å². The third-order valence-electron chi connectivity index (χ3n) is 3.30. The van der Waals surface area contributed by atoms with Gasteiger partial charge in [0.05, 0.1) is 10.8 Å². The zero-order chi connectivity index (χ0) is 15.9. The van der Waals surface area contributed by atoms with Crippen molar-refractivity contribution >= 4 is 27.5 Å². The molecule has 0 fully saturated rings. The van der Waals surface area contributed by atoms with Crippen molar-refractivity contribution in [1.29, 1.82) is 0 Å². The first-order valence-corrected chi connectivity index (χ1v) is 6.30. The zero-order valence-corrected chi connectivity index (χ0v) is 11.1. The second kappa shape index (κ2) is 4.92. The molecule has 3 aromatic rings. The van der Waals surface area contributed by atoms with Gasteiger partial charge in [-0.1, -0.05) is 18.2 Å². The van der Waals surface area contributed by atoms with Crippen LogP contribution in [0.4, 0.5) is 0 Å². The molecule has 0 atom stereocenters. The molecule has 1 heterocycles. The van der Waals surface area contributed by atoms with Gasteiger partial charge >= 0.3 is 11.6 Å². The Balaban J connectivity index is 2.54. The van der Waals surface area contributed by atoms with Gasteiger partial charge in [-0.05, 0) is 24.3 Å². The van der Waals surface area contributed by atoms with E-state index < -0.39 is 22.8 Å². The van der Waals surface area contributed by atoms with Crippen LogP contribution in [0.1, 0.15) is 5.56 Å². The third-order valence-corrected chi connectivity index (χ3v) is 3.30. The Kier molecular flexibility index (Phi) is 3.06. The van der Waals surface area contributed by atoms with Crippen LogP contribution in [0.2, 0.25) is 0 Å². The normalized spacial score (nSPS) is 10.7. The summed E-state index contributed by atoms with van der Waals surface area (Å²) in [5, 5.41) is 27.8. The number of hydrogen-bond donors (Lipinski definition) is 3. The Hall–Kier alpha value is -3.28. The van der Waals surface area contributed by atoms with E-state index in [0.717, 1.165) is 0 Å². The fourth-order valence-corrected chi connectivity index (χ4v) is 2.23. The first-order valence-electron chi connectivity index (χ1n) is 6.30. The highest BCUT2D eigenvalue weighted by Gasteiger charge is 2.11. The molecule has 0 aliphatic heterocycles. The van der Waals surface area contributed by atoms with E-state index in [4.69, 9.17) is 14.6 Å². The van der Waals surface area contributed by atoms with Crippen molar-refractivity contribution in [1.82, 2.24) is 0 Å². The number of aliphatic hydroxyl groups excluding tert-OH is 2. The maximum absolute atomic E-state index is 12.6. The van der Waals surface area contributed by atoms with Crippen molar-refractivity contribution in [2.24, 2.45) is 0 Å². The van der Waals surface area contributed by atoms with Crippen LogP contribution >= 0.6 is 0 Å². The van der Waals surface area contributed by atoms with Crippen LogP contribution in [0.5, 0.6) is 0 Å². The first kappa shape index (κ1) is 13.7. The number of hydrogen-bond acceptors (Lipinski definition) is 6. The van der Waals surface area contributed by atoms with Gasteiger partial charge in [0.1, 0.15) is 5.58 Å². The SMILES string of the molecule is O=c1oc2ccc(C(O)=C(O)O)cc2c(=O)c2ccccc12. The topological polar surface area (TPSA) is 108 Å². The summed E-state index contributed by atoms with van der Waals surface area (Å²) in [5.41, 5.74) is -1.05. The summed E-state index contributed by atoms with van der Waals surface area (Å²) in [5.74, 6) is -2.04. The average Bonchev–Trinajstić information content (AvgIpc) is 2.63. The highest BCUT2D eigenvalue weighted by molar-refractivity contribution is 5.90. The van der Waals surface area contributed by atoms with Gasteiger partial charge in [0, 0.05) is 10.9 Å². The van der Waals surface area contributed by atoms with Crippen molar-refractivity contribution in [3.63, 3.8) is 0 Å². The lowest BCUT2D eigenvalue weighted by atomic mass is 10.1. The highest BCUT2D eigenvalue weighted by Crippen LogP contribution is 2.19. The predicted octanol–water partition coefficient (Wildman–Crippen LogP) is 2.61. The largest absolute Gasteiger partial charge is 0.502 e. The Morgan fingerprint density at radius 2 is 1.55 bits per heavy atom. The van der Waals surface area contributed by atoms with E-state index in [9.17, 15) is 14.7 Å². The molecule has 0 aliphatic carbocycles. The quantitative estimate of drug-likeness (QED) is 0.596. The molecule has 0 amide bonds. The molecule has 0 radical (unpaired) electrons. The van der Waals surface area contributed by atoms with Gasteiger partial charge in [0.15, 0.2) is 5.43 Å². The highest BCUT2D eigenvalue weighted by atomic mass is 16.5. The lowest BCUT2D eigenvalue weighted by Gasteiger charge is -2.00. The molecule has 110 valence electrons. The molecule has 1 aromatic heterocycles. The molecule has 6 heteroatoms. The summed E-state index contributed by atoms with van der Waals surface area (Å²) >= 11 is 0. The fraction of sp³-hybridized carbons (Fsp3) is 0. The van der Waals surface area contributed by atoms with Gasteiger partial charge in [-0.2, -0.15) is 0 Å². The second-order valence-corrected chi connectivity index (χ2v) is 4.65. The van der Waals surface area contributed by atoms with Crippen molar-refractivity contribution in [3.8, 4) is 0 Å². The average molecular weight is 298 g/mol. The van der Waals surface area contributed by atoms with Gasteiger partial charge in [0.25, 0.3) is 0 Å². The van der Waals surface area contributed by atoms with E-state index in [-0.39, 0.29) is 27.3 Å². The number of rotatable bonds is 1. The molecule has 6 nitrogen and oxygen atoms in total. The van der Waals surface area contributed by atoms with E-state index in [0.29, 0.717) is 0 Å². The van der Waals surface area contributed by atoms with Gasteiger partial charge in [0.2, 0.25) is 5.76 Å². The molecule has 3 rings (SSSR count). The van der Waals surface area contributed by atoms with E-state index >= 15 is 0 Å². The molecule has 0 saturated carbocycles. The minimum Gasteiger partial charge on any atom is -0.502 e. The molecular weight excluding hydrogens is 288 g/mol. The van der Waals surface area contributed by atoms with E-state index in [2.05, 4.69) is 0 Å². The summed E-state index contributed by atoms with van der Waals surface area (Å²) in [4.78, 5) is 24.6. The standard InChI is InChI=1S/C16H10O6/c17-13(15(19)20)8-5-6-12-11(7-8)14(18)9-3-1-2-4-10(9)16(21)22-12/h1-7,17,19-20H. The summed E-state index contributed by atoms with van der Waals surface area (Å²) in [6.07, 6.45) is 0. The third kappa shape index (κ3) is 2.07. The Bertz CT molecular complexity index is 1040. The second-order valence-electron chi connectivity index (χ2n) is 4.65. The van der Waals surface area contributed by atoms with Crippen LogP contribution in [0.15, 0.2) is 62.4 Å². The molecule has 0 aliphatic rings. The lowest BCUT2D eigenvalue weighted by Crippen LogP contribution is -2.01. The van der Waals surface area contributed by atoms with Gasteiger partial charge < -0.3 is 19.7 Å². The number of aliphatic hydroxyl groups is 3.